The first-order valence-corrected chi connectivity index (χ1v) is 10.4. The van der Waals surface area contributed by atoms with Crippen molar-refractivity contribution in [2.24, 2.45) is 7.05 Å². The van der Waals surface area contributed by atoms with E-state index in [1.165, 1.54) is 6.33 Å². The van der Waals surface area contributed by atoms with E-state index in [1.807, 2.05) is 6.92 Å². The predicted molar refractivity (Wildman–Crippen MR) is 124 cm³/mol. The number of benzene rings is 1. The van der Waals surface area contributed by atoms with Crippen LogP contribution in [0.4, 0.5) is 14.6 Å². The van der Waals surface area contributed by atoms with Crippen LogP contribution in [0.3, 0.4) is 0 Å². The van der Waals surface area contributed by atoms with Crippen LogP contribution in [0.15, 0.2) is 36.7 Å². The number of carbonyl (C=O) groups is 1. The van der Waals surface area contributed by atoms with Gasteiger partial charge in [0.2, 0.25) is 5.91 Å². The Morgan fingerprint density at radius 3 is 2.53 bits per heavy atom. The Labute approximate surface area is 194 Å². The lowest BCUT2D eigenvalue weighted by molar-refractivity contribution is -0.117. The smallest absolute Gasteiger partial charge is 0.242 e. The van der Waals surface area contributed by atoms with Crippen molar-refractivity contribution in [1.82, 2.24) is 30.0 Å². The summed E-state index contributed by atoms with van der Waals surface area (Å²) in [5.74, 6) is 4.06. The minimum atomic E-state index is -0.727. The highest BCUT2D eigenvalue weighted by Gasteiger charge is 2.17. The molecule has 0 aliphatic rings. The summed E-state index contributed by atoms with van der Waals surface area (Å²) in [5, 5.41) is 10.0. The molecule has 4 rings (SSSR count). The second-order valence-electron chi connectivity index (χ2n) is 7.66. The van der Waals surface area contributed by atoms with Gasteiger partial charge in [-0.3, -0.25) is 9.48 Å². The van der Waals surface area contributed by atoms with Gasteiger partial charge in [-0.05, 0) is 51.1 Å². The number of halogens is 2. The summed E-state index contributed by atoms with van der Waals surface area (Å²) in [4.78, 5) is 25.6. The topological polar surface area (TPSA) is 97.6 Å². The standard InChI is InChI=1S/C24H21F2N7O/c1-13-21-23(33(4)32-13)22(29-12-28-21)16-9-19(6-5-15-7-17(25)11-18(26)8-15)30-20(10-16)31-24(34)14(2)27-3/h7-12,14,27H,1-4H3,(H,30,31,34). The number of hydrogen-bond acceptors (Lipinski definition) is 6. The molecule has 172 valence electrons. The van der Waals surface area contributed by atoms with E-state index in [1.54, 1.807) is 37.8 Å². The van der Waals surface area contributed by atoms with Crippen LogP contribution in [0, 0.1) is 30.4 Å². The normalized spacial score (nSPS) is 11.7. The number of hydrogen-bond donors (Lipinski definition) is 2. The van der Waals surface area contributed by atoms with Gasteiger partial charge < -0.3 is 10.6 Å². The van der Waals surface area contributed by atoms with Crippen LogP contribution in [-0.2, 0) is 11.8 Å². The number of carbonyl (C=O) groups excluding carboxylic acids is 1. The van der Waals surface area contributed by atoms with Gasteiger partial charge in [-0.25, -0.2) is 23.7 Å². The summed E-state index contributed by atoms with van der Waals surface area (Å²) < 4.78 is 28.8. The van der Waals surface area contributed by atoms with Gasteiger partial charge in [0.25, 0.3) is 0 Å². The molecule has 1 aromatic carbocycles. The van der Waals surface area contributed by atoms with E-state index in [9.17, 15) is 13.6 Å². The first-order valence-electron chi connectivity index (χ1n) is 10.4. The molecule has 3 heterocycles. The molecule has 0 radical (unpaired) electrons. The van der Waals surface area contributed by atoms with Gasteiger partial charge in [0.1, 0.15) is 40.5 Å². The van der Waals surface area contributed by atoms with Gasteiger partial charge in [0.05, 0.1) is 17.4 Å². The predicted octanol–water partition coefficient (Wildman–Crippen LogP) is 2.96. The molecule has 1 unspecified atom stereocenters. The van der Waals surface area contributed by atoms with Gasteiger partial charge in [0.15, 0.2) is 0 Å². The van der Waals surface area contributed by atoms with E-state index in [0.717, 1.165) is 23.9 Å². The fourth-order valence-corrected chi connectivity index (χ4v) is 3.41. The maximum absolute atomic E-state index is 13.5. The van der Waals surface area contributed by atoms with Gasteiger partial charge in [-0.15, -0.1) is 0 Å². The molecule has 0 saturated carbocycles. The SMILES string of the molecule is CNC(C)C(=O)Nc1cc(-c2ncnc3c(C)nn(C)c23)cc(C#Cc2cc(F)cc(F)c2)n1. The van der Waals surface area contributed by atoms with Gasteiger partial charge in [0, 0.05) is 24.2 Å². The first kappa shape index (κ1) is 22.9. The third-order valence-corrected chi connectivity index (χ3v) is 5.16. The lowest BCUT2D eigenvalue weighted by Gasteiger charge is -2.12. The number of rotatable bonds is 4. The fraction of sp³-hybridized carbons (Fsp3) is 0.208. The summed E-state index contributed by atoms with van der Waals surface area (Å²) in [6, 6.07) is 5.94. The Kier molecular flexibility index (Phi) is 6.30. The van der Waals surface area contributed by atoms with Crippen LogP contribution in [0.25, 0.3) is 22.3 Å². The molecule has 0 spiro atoms. The number of likely N-dealkylation sites (N-methyl/N-ethyl adjacent to an activating group) is 1. The average Bonchev–Trinajstić information content (AvgIpc) is 3.10. The van der Waals surface area contributed by atoms with Crippen molar-refractivity contribution < 1.29 is 13.6 Å². The maximum Gasteiger partial charge on any atom is 0.242 e. The lowest BCUT2D eigenvalue weighted by Crippen LogP contribution is -2.35. The van der Waals surface area contributed by atoms with Crippen molar-refractivity contribution >= 4 is 22.8 Å². The number of amides is 1. The molecule has 0 saturated heterocycles. The monoisotopic (exact) mass is 461 g/mol. The molecule has 4 aromatic rings. The molecule has 34 heavy (non-hydrogen) atoms. The largest absolute Gasteiger partial charge is 0.309 e. The number of nitrogens with zero attached hydrogens (tertiary/aromatic N) is 5. The second kappa shape index (κ2) is 9.33. The number of aromatic nitrogens is 5. The summed E-state index contributed by atoms with van der Waals surface area (Å²) in [6.07, 6.45) is 1.44. The Morgan fingerprint density at radius 2 is 1.82 bits per heavy atom. The quantitative estimate of drug-likeness (QED) is 0.454. The Hall–Kier alpha value is -4.23. The molecule has 10 heteroatoms. The van der Waals surface area contributed by atoms with Gasteiger partial charge in [-0.1, -0.05) is 5.92 Å². The first-order chi connectivity index (χ1) is 16.2. The average molecular weight is 461 g/mol. The van der Waals surface area contributed by atoms with Crippen molar-refractivity contribution in [3.05, 3.63) is 65.2 Å². The molecule has 2 N–H and O–H groups in total. The Bertz CT molecular complexity index is 1450. The van der Waals surface area contributed by atoms with E-state index in [2.05, 4.69) is 42.5 Å². The number of fused-ring (bicyclic) bond motifs is 1. The molecule has 0 bridgehead atoms. The Morgan fingerprint density at radius 1 is 1.09 bits per heavy atom. The third-order valence-electron chi connectivity index (χ3n) is 5.16. The van der Waals surface area contributed by atoms with Gasteiger partial charge in [-0.2, -0.15) is 5.10 Å². The van der Waals surface area contributed by atoms with E-state index >= 15 is 0 Å². The zero-order valence-corrected chi connectivity index (χ0v) is 18.9. The molecular weight excluding hydrogens is 440 g/mol. The maximum atomic E-state index is 13.5. The minimum absolute atomic E-state index is 0.158. The fourth-order valence-electron chi connectivity index (χ4n) is 3.41. The highest BCUT2D eigenvalue weighted by atomic mass is 19.1. The number of nitrogens with one attached hydrogen (secondary N) is 2. The van der Waals surface area contributed by atoms with Crippen LogP contribution < -0.4 is 10.6 Å². The van der Waals surface area contributed by atoms with E-state index < -0.39 is 17.7 Å². The van der Waals surface area contributed by atoms with Crippen LogP contribution >= 0.6 is 0 Å². The molecule has 0 aliphatic carbocycles. The second-order valence-corrected chi connectivity index (χ2v) is 7.66. The van der Waals surface area contributed by atoms with Crippen molar-refractivity contribution in [1.29, 1.82) is 0 Å². The zero-order chi connectivity index (χ0) is 24.4. The summed E-state index contributed by atoms with van der Waals surface area (Å²) in [5.41, 5.74) is 3.78. The summed E-state index contributed by atoms with van der Waals surface area (Å²) in [6.45, 7) is 3.57. The molecule has 8 nitrogen and oxygen atoms in total. The molecule has 0 fully saturated rings. The number of aryl methyl sites for hydroxylation is 2. The number of anilines is 1. The minimum Gasteiger partial charge on any atom is -0.309 e. The van der Waals surface area contributed by atoms with Crippen molar-refractivity contribution in [2.75, 3.05) is 12.4 Å². The van der Waals surface area contributed by atoms with Crippen LogP contribution in [0.1, 0.15) is 23.9 Å². The third kappa shape index (κ3) is 4.74. The van der Waals surface area contributed by atoms with Crippen LogP contribution in [0.5, 0.6) is 0 Å². The molecule has 1 amide bonds. The van der Waals surface area contributed by atoms with Gasteiger partial charge >= 0.3 is 0 Å². The summed E-state index contributed by atoms with van der Waals surface area (Å²) >= 11 is 0. The van der Waals surface area contributed by atoms with E-state index in [0.29, 0.717) is 22.3 Å². The Balaban J connectivity index is 1.85. The van der Waals surface area contributed by atoms with Crippen LogP contribution in [-0.4, -0.2) is 43.7 Å². The van der Waals surface area contributed by atoms with Crippen molar-refractivity contribution in [3.8, 4) is 23.1 Å². The van der Waals surface area contributed by atoms with Crippen LogP contribution in [0.2, 0.25) is 0 Å². The van der Waals surface area contributed by atoms with Crippen molar-refractivity contribution in [3.63, 3.8) is 0 Å². The lowest BCUT2D eigenvalue weighted by atomic mass is 10.1. The summed E-state index contributed by atoms with van der Waals surface area (Å²) in [7, 11) is 3.46. The number of pyridine rings is 1. The highest BCUT2D eigenvalue weighted by Crippen LogP contribution is 2.28. The van der Waals surface area contributed by atoms with E-state index in [-0.39, 0.29) is 23.0 Å². The zero-order valence-electron chi connectivity index (χ0n) is 18.9. The molecule has 1 atom stereocenters. The highest BCUT2D eigenvalue weighted by molar-refractivity contribution is 5.95. The van der Waals surface area contributed by atoms with Crippen molar-refractivity contribution in [2.45, 2.75) is 19.9 Å². The van der Waals surface area contributed by atoms with E-state index in [4.69, 9.17) is 0 Å². The molecular formula is C24H21F2N7O. The molecule has 3 aromatic heterocycles. The molecule has 0 aliphatic heterocycles.